The van der Waals surface area contributed by atoms with Crippen molar-refractivity contribution in [1.29, 1.82) is 0 Å². The van der Waals surface area contributed by atoms with Crippen molar-refractivity contribution in [2.24, 2.45) is 11.8 Å². The van der Waals surface area contributed by atoms with Crippen LogP contribution < -0.4 is 0 Å². The van der Waals surface area contributed by atoms with Gasteiger partial charge >= 0.3 is 0 Å². The lowest BCUT2D eigenvalue weighted by molar-refractivity contribution is 0.406. The molecule has 0 heterocycles. The monoisotopic (exact) mass is 264 g/mol. The van der Waals surface area contributed by atoms with Crippen molar-refractivity contribution in [1.82, 2.24) is 0 Å². The lowest BCUT2D eigenvalue weighted by Crippen LogP contribution is -2.11. The van der Waals surface area contributed by atoms with E-state index in [9.17, 15) is 0 Å². The predicted molar refractivity (Wildman–Crippen MR) is 69.1 cm³/mol. The lowest BCUT2D eigenvalue weighted by Gasteiger charge is -2.22. The molecule has 0 saturated heterocycles. The molecule has 3 heteroatoms. The summed E-state index contributed by atoms with van der Waals surface area (Å²) < 4.78 is 0. The summed E-state index contributed by atoms with van der Waals surface area (Å²) in [6.45, 7) is 6.45. The summed E-state index contributed by atoms with van der Waals surface area (Å²) in [4.78, 5) is 0. The average Bonchev–Trinajstić information content (AvgIpc) is 2.15. The minimum atomic E-state index is -0.0604. The maximum absolute atomic E-state index is 6.38. The predicted octanol–water partition coefficient (Wildman–Crippen LogP) is 5.57. The largest absolute Gasteiger partial charge is 0.117 e. The van der Waals surface area contributed by atoms with E-state index < -0.39 is 0 Å². The van der Waals surface area contributed by atoms with Crippen molar-refractivity contribution >= 4 is 34.8 Å². The quantitative estimate of drug-likeness (QED) is 0.627. The van der Waals surface area contributed by atoms with Crippen LogP contribution in [-0.4, -0.2) is 0 Å². The second kappa shape index (κ2) is 5.43. The van der Waals surface area contributed by atoms with Crippen molar-refractivity contribution in [2.75, 3.05) is 0 Å². The van der Waals surface area contributed by atoms with Crippen LogP contribution in [0, 0.1) is 11.8 Å². The Kier molecular flexibility index (Phi) is 4.76. The van der Waals surface area contributed by atoms with Gasteiger partial charge < -0.3 is 0 Å². The Morgan fingerprint density at radius 3 is 2.13 bits per heavy atom. The Balaban J connectivity index is 2.96. The number of halogens is 3. The third-order valence-electron chi connectivity index (χ3n) is 2.77. The van der Waals surface area contributed by atoms with Crippen LogP contribution in [0.2, 0.25) is 10.0 Å². The molecule has 0 spiro atoms. The third kappa shape index (κ3) is 3.27. The molecule has 0 radical (unpaired) electrons. The minimum absolute atomic E-state index is 0.0604. The Labute approximate surface area is 107 Å². The molecule has 84 valence electrons. The summed E-state index contributed by atoms with van der Waals surface area (Å²) in [6, 6.07) is 5.47. The van der Waals surface area contributed by atoms with Crippen LogP contribution in [0.1, 0.15) is 31.7 Å². The summed E-state index contributed by atoms with van der Waals surface area (Å²) in [7, 11) is 0. The fraction of sp³-hybridized carbons (Fsp3) is 0.500. The van der Waals surface area contributed by atoms with Gasteiger partial charge in [-0.2, -0.15) is 0 Å². The Morgan fingerprint density at radius 2 is 1.67 bits per heavy atom. The van der Waals surface area contributed by atoms with E-state index in [2.05, 4.69) is 20.8 Å². The SMILES string of the molecule is CC(C)C(C)C(Cl)c1ccc(Cl)cc1Cl. The summed E-state index contributed by atoms with van der Waals surface area (Å²) in [6.07, 6.45) is 0. The first-order valence-electron chi connectivity index (χ1n) is 5.02. The smallest absolute Gasteiger partial charge is 0.0627 e. The molecule has 0 aliphatic carbocycles. The second-order valence-electron chi connectivity index (χ2n) is 4.17. The van der Waals surface area contributed by atoms with Gasteiger partial charge in [-0.1, -0.05) is 50.0 Å². The molecule has 0 amide bonds. The van der Waals surface area contributed by atoms with Crippen molar-refractivity contribution in [3.8, 4) is 0 Å². The molecule has 0 N–H and O–H groups in total. The molecule has 0 bridgehead atoms. The molecule has 0 aromatic heterocycles. The van der Waals surface area contributed by atoms with E-state index in [0.717, 1.165) is 5.56 Å². The molecule has 0 fully saturated rings. The van der Waals surface area contributed by atoms with Gasteiger partial charge in [-0.15, -0.1) is 11.6 Å². The normalized spacial score (nSPS) is 15.4. The standard InChI is InChI=1S/C12H15Cl3/c1-7(2)8(3)12(15)10-5-4-9(13)6-11(10)14/h4-8,12H,1-3H3. The summed E-state index contributed by atoms with van der Waals surface area (Å²) in [5.74, 6) is 0.907. The van der Waals surface area contributed by atoms with E-state index in [1.807, 2.05) is 12.1 Å². The molecule has 15 heavy (non-hydrogen) atoms. The molecule has 1 aromatic rings. The molecule has 0 saturated carbocycles. The van der Waals surface area contributed by atoms with Crippen LogP contribution in [0.5, 0.6) is 0 Å². The number of hydrogen-bond acceptors (Lipinski definition) is 0. The molecular weight excluding hydrogens is 250 g/mol. The van der Waals surface area contributed by atoms with Gasteiger partial charge in [0.2, 0.25) is 0 Å². The summed E-state index contributed by atoms with van der Waals surface area (Å²) in [5.41, 5.74) is 0.962. The molecule has 0 nitrogen and oxygen atoms in total. The summed E-state index contributed by atoms with van der Waals surface area (Å²) >= 11 is 18.3. The van der Waals surface area contributed by atoms with Crippen LogP contribution in [0.25, 0.3) is 0 Å². The second-order valence-corrected chi connectivity index (χ2v) is 5.48. The van der Waals surface area contributed by atoms with Crippen molar-refractivity contribution in [3.05, 3.63) is 33.8 Å². The van der Waals surface area contributed by atoms with E-state index >= 15 is 0 Å². The van der Waals surface area contributed by atoms with Crippen LogP contribution in [0.15, 0.2) is 18.2 Å². The average molecular weight is 266 g/mol. The molecule has 2 unspecified atom stereocenters. The van der Waals surface area contributed by atoms with E-state index in [4.69, 9.17) is 34.8 Å². The molecule has 0 aliphatic rings. The first-order valence-corrected chi connectivity index (χ1v) is 6.21. The topological polar surface area (TPSA) is 0 Å². The Bertz CT molecular complexity index is 334. The van der Waals surface area contributed by atoms with Crippen molar-refractivity contribution in [2.45, 2.75) is 26.1 Å². The van der Waals surface area contributed by atoms with Crippen LogP contribution in [0.4, 0.5) is 0 Å². The number of rotatable bonds is 3. The molecular formula is C12H15Cl3. The first-order chi connectivity index (χ1) is 6.93. The maximum Gasteiger partial charge on any atom is 0.0627 e. The van der Waals surface area contributed by atoms with Crippen LogP contribution >= 0.6 is 34.8 Å². The molecule has 2 atom stereocenters. The van der Waals surface area contributed by atoms with Gasteiger partial charge in [-0.25, -0.2) is 0 Å². The highest BCUT2D eigenvalue weighted by Crippen LogP contribution is 2.37. The highest BCUT2D eigenvalue weighted by molar-refractivity contribution is 6.35. The molecule has 1 rings (SSSR count). The van der Waals surface area contributed by atoms with Gasteiger partial charge in [0, 0.05) is 10.0 Å². The van der Waals surface area contributed by atoms with Gasteiger partial charge in [0.05, 0.1) is 5.38 Å². The fourth-order valence-electron chi connectivity index (χ4n) is 1.35. The lowest BCUT2D eigenvalue weighted by atomic mass is 9.90. The fourth-order valence-corrected chi connectivity index (χ4v) is 2.41. The maximum atomic E-state index is 6.38. The minimum Gasteiger partial charge on any atom is -0.117 e. The van der Waals surface area contributed by atoms with E-state index in [-0.39, 0.29) is 5.38 Å². The number of hydrogen-bond donors (Lipinski definition) is 0. The van der Waals surface area contributed by atoms with Gasteiger partial charge in [0.15, 0.2) is 0 Å². The van der Waals surface area contributed by atoms with Crippen LogP contribution in [0.3, 0.4) is 0 Å². The van der Waals surface area contributed by atoms with Crippen molar-refractivity contribution < 1.29 is 0 Å². The Morgan fingerprint density at radius 1 is 1.07 bits per heavy atom. The third-order valence-corrected chi connectivity index (χ3v) is 3.97. The molecule has 0 aliphatic heterocycles. The zero-order valence-electron chi connectivity index (χ0n) is 9.10. The van der Waals surface area contributed by atoms with Crippen LogP contribution in [-0.2, 0) is 0 Å². The first kappa shape index (κ1) is 13.2. The van der Waals surface area contributed by atoms with Gasteiger partial charge in [-0.3, -0.25) is 0 Å². The summed E-state index contributed by atoms with van der Waals surface area (Å²) in [5, 5.41) is 1.23. The van der Waals surface area contributed by atoms with E-state index in [1.54, 1.807) is 6.07 Å². The van der Waals surface area contributed by atoms with Crippen molar-refractivity contribution in [3.63, 3.8) is 0 Å². The van der Waals surface area contributed by atoms with E-state index in [0.29, 0.717) is 21.9 Å². The zero-order valence-corrected chi connectivity index (χ0v) is 11.4. The number of alkyl halides is 1. The number of benzene rings is 1. The Hall–Kier alpha value is 0.0900. The van der Waals surface area contributed by atoms with Gasteiger partial charge in [-0.05, 0) is 29.5 Å². The highest BCUT2D eigenvalue weighted by atomic mass is 35.5. The van der Waals surface area contributed by atoms with Gasteiger partial charge in [0.1, 0.15) is 0 Å². The molecule has 1 aromatic carbocycles. The van der Waals surface area contributed by atoms with Gasteiger partial charge in [0.25, 0.3) is 0 Å². The highest BCUT2D eigenvalue weighted by Gasteiger charge is 2.21. The zero-order chi connectivity index (χ0) is 11.6. The van der Waals surface area contributed by atoms with E-state index in [1.165, 1.54) is 0 Å².